The van der Waals surface area contributed by atoms with E-state index in [1.54, 1.807) is 7.11 Å². The average molecular weight is 260 g/mol. The fourth-order valence-corrected chi connectivity index (χ4v) is 2.09. The molecule has 6 heteroatoms. The quantitative estimate of drug-likeness (QED) is 0.594. The summed E-state index contributed by atoms with van der Waals surface area (Å²) in [4.78, 5) is 22.7. The Balaban J connectivity index is 2.39. The molecular formula is C11H20N2O3S. The molecule has 1 saturated carbocycles. The van der Waals surface area contributed by atoms with Crippen molar-refractivity contribution in [1.82, 2.24) is 10.6 Å². The molecule has 2 amide bonds. The first-order valence-electron chi connectivity index (χ1n) is 5.74. The van der Waals surface area contributed by atoms with E-state index >= 15 is 0 Å². The lowest BCUT2D eigenvalue weighted by molar-refractivity contribution is -0.129. The highest BCUT2D eigenvalue weighted by Crippen LogP contribution is 2.34. The fraction of sp³-hybridized carbons (Fsp3) is 0.818. The third-order valence-electron chi connectivity index (χ3n) is 3.16. The average Bonchev–Trinajstić information content (AvgIpc) is 2.24. The van der Waals surface area contributed by atoms with Crippen LogP contribution in [0.25, 0.3) is 0 Å². The summed E-state index contributed by atoms with van der Waals surface area (Å²) in [6, 6.07) is -0.579. The van der Waals surface area contributed by atoms with Crippen LogP contribution in [-0.4, -0.2) is 42.9 Å². The van der Waals surface area contributed by atoms with Crippen molar-refractivity contribution in [2.24, 2.45) is 0 Å². The monoisotopic (exact) mass is 260 g/mol. The zero-order chi connectivity index (χ0) is 12.9. The molecule has 0 radical (unpaired) electrons. The molecule has 98 valence electrons. The first-order valence-corrected chi connectivity index (χ1v) is 6.37. The first-order chi connectivity index (χ1) is 8.03. The molecule has 0 aliphatic heterocycles. The summed E-state index contributed by atoms with van der Waals surface area (Å²) in [5.41, 5.74) is -0.201. The van der Waals surface area contributed by atoms with E-state index in [4.69, 9.17) is 4.74 Å². The number of carbonyl (C=O) groups excluding carboxylic acids is 2. The van der Waals surface area contributed by atoms with Gasteiger partial charge >= 0.3 is 0 Å². The Hall–Kier alpha value is -0.750. The van der Waals surface area contributed by atoms with Crippen LogP contribution in [0.1, 0.15) is 26.2 Å². The minimum absolute atomic E-state index is 0.201. The maximum absolute atomic E-state index is 11.8. The first kappa shape index (κ1) is 14.3. The van der Waals surface area contributed by atoms with Crippen molar-refractivity contribution in [2.45, 2.75) is 37.8 Å². The maximum Gasteiger partial charge on any atom is 0.243 e. The van der Waals surface area contributed by atoms with Gasteiger partial charge in [-0.3, -0.25) is 9.59 Å². The molecule has 0 aromatic carbocycles. The van der Waals surface area contributed by atoms with E-state index < -0.39 is 6.04 Å². The Morgan fingerprint density at radius 3 is 2.47 bits per heavy atom. The van der Waals surface area contributed by atoms with Crippen molar-refractivity contribution in [3.05, 3.63) is 0 Å². The number of hydrogen-bond donors (Lipinski definition) is 3. The Morgan fingerprint density at radius 2 is 2.12 bits per heavy atom. The second kappa shape index (κ2) is 6.26. The summed E-state index contributed by atoms with van der Waals surface area (Å²) in [6.07, 6.45) is 3.07. The van der Waals surface area contributed by atoms with Crippen molar-refractivity contribution in [2.75, 3.05) is 19.4 Å². The molecule has 1 rings (SSSR count). The van der Waals surface area contributed by atoms with Gasteiger partial charge in [0, 0.05) is 26.3 Å². The summed E-state index contributed by atoms with van der Waals surface area (Å²) >= 11 is 4.05. The molecule has 1 unspecified atom stereocenters. The normalized spacial score (nSPS) is 19.0. The number of amides is 2. The van der Waals surface area contributed by atoms with Crippen molar-refractivity contribution in [3.8, 4) is 0 Å². The van der Waals surface area contributed by atoms with Gasteiger partial charge in [-0.15, -0.1) is 0 Å². The molecule has 0 heterocycles. The Morgan fingerprint density at radius 1 is 1.47 bits per heavy atom. The van der Waals surface area contributed by atoms with Crippen LogP contribution in [0.3, 0.4) is 0 Å². The third-order valence-corrected chi connectivity index (χ3v) is 3.52. The summed E-state index contributed by atoms with van der Waals surface area (Å²) in [5.74, 6) is -0.159. The molecule has 1 aliphatic carbocycles. The molecule has 17 heavy (non-hydrogen) atoms. The number of thiol groups is 1. The number of methoxy groups -OCH3 is 1. The lowest BCUT2D eigenvalue weighted by atomic mass is 9.80. The van der Waals surface area contributed by atoms with Crippen molar-refractivity contribution in [3.63, 3.8) is 0 Å². The van der Waals surface area contributed by atoms with Crippen LogP contribution in [0.2, 0.25) is 0 Å². The summed E-state index contributed by atoms with van der Waals surface area (Å²) in [7, 11) is 1.66. The molecule has 0 aromatic rings. The van der Waals surface area contributed by atoms with E-state index in [9.17, 15) is 9.59 Å². The van der Waals surface area contributed by atoms with Crippen LogP contribution in [0.5, 0.6) is 0 Å². The molecule has 1 fully saturated rings. The van der Waals surface area contributed by atoms with Gasteiger partial charge in [-0.1, -0.05) is 0 Å². The van der Waals surface area contributed by atoms with Gasteiger partial charge in [0.1, 0.15) is 6.04 Å². The number of rotatable bonds is 6. The molecule has 0 spiro atoms. The van der Waals surface area contributed by atoms with E-state index in [-0.39, 0.29) is 23.2 Å². The van der Waals surface area contributed by atoms with Crippen LogP contribution in [-0.2, 0) is 14.3 Å². The number of hydrogen-bond acceptors (Lipinski definition) is 4. The topological polar surface area (TPSA) is 67.4 Å². The van der Waals surface area contributed by atoms with E-state index in [2.05, 4.69) is 23.3 Å². The molecule has 0 saturated heterocycles. The predicted octanol–water partition coefficient (Wildman–Crippen LogP) is 0.106. The fourth-order valence-electron chi connectivity index (χ4n) is 1.84. The van der Waals surface area contributed by atoms with E-state index in [1.807, 2.05) is 0 Å². The molecule has 1 atom stereocenters. The minimum atomic E-state index is -0.579. The van der Waals surface area contributed by atoms with Gasteiger partial charge < -0.3 is 15.4 Å². The van der Waals surface area contributed by atoms with Crippen LogP contribution in [0, 0.1) is 0 Å². The zero-order valence-corrected chi connectivity index (χ0v) is 11.2. The van der Waals surface area contributed by atoms with Crippen LogP contribution < -0.4 is 10.6 Å². The van der Waals surface area contributed by atoms with E-state index in [1.165, 1.54) is 6.92 Å². The van der Waals surface area contributed by atoms with Gasteiger partial charge in [-0.2, -0.15) is 12.6 Å². The summed E-state index contributed by atoms with van der Waals surface area (Å²) in [5, 5.41) is 5.36. The molecule has 0 aromatic heterocycles. The Labute approximate surface area is 107 Å². The van der Waals surface area contributed by atoms with Gasteiger partial charge in [0.2, 0.25) is 11.8 Å². The zero-order valence-electron chi connectivity index (χ0n) is 10.3. The highest BCUT2D eigenvalue weighted by atomic mass is 32.1. The number of nitrogens with one attached hydrogen (secondary N) is 2. The van der Waals surface area contributed by atoms with Crippen molar-refractivity contribution in [1.29, 1.82) is 0 Å². The van der Waals surface area contributed by atoms with Crippen LogP contribution in [0.15, 0.2) is 0 Å². The second-order valence-corrected chi connectivity index (χ2v) is 4.76. The molecule has 2 N–H and O–H groups in total. The van der Waals surface area contributed by atoms with Crippen LogP contribution in [0.4, 0.5) is 0 Å². The Kier molecular flexibility index (Phi) is 5.27. The lowest BCUT2D eigenvalue weighted by Crippen LogP contribution is -2.54. The highest BCUT2D eigenvalue weighted by Gasteiger charge is 2.37. The third kappa shape index (κ3) is 3.89. The summed E-state index contributed by atoms with van der Waals surface area (Å²) < 4.78 is 5.40. The Bertz CT molecular complexity index is 287. The smallest absolute Gasteiger partial charge is 0.243 e. The van der Waals surface area contributed by atoms with Gasteiger partial charge in [0.05, 0.1) is 5.60 Å². The number of ether oxygens (including phenoxy) is 1. The lowest BCUT2D eigenvalue weighted by Gasteiger charge is -2.40. The highest BCUT2D eigenvalue weighted by molar-refractivity contribution is 7.80. The van der Waals surface area contributed by atoms with Gasteiger partial charge in [0.25, 0.3) is 0 Å². The summed E-state index contributed by atoms with van der Waals surface area (Å²) in [6.45, 7) is 1.87. The standard InChI is InChI=1S/C11H20N2O3S/c1-8(14)13-9(6-17)10(15)12-7-11(16-2)4-3-5-11/h9,17H,3-7H2,1-2H3,(H,12,15)(H,13,14). The van der Waals surface area contributed by atoms with Crippen molar-refractivity contribution < 1.29 is 14.3 Å². The van der Waals surface area contributed by atoms with Gasteiger partial charge in [-0.05, 0) is 19.3 Å². The molecule has 0 bridgehead atoms. The minimum Gasteiger partial charge on any atom is -0.376 e. The predicted molar refractivity (Wildman–Crippen MR) is 68.1 cm³/mol. The largest absolute Gasteiger partial charge is 0.376 e. The van der Waals surface area contributed by atoms with Gasteiger partial charge in [-0.25, -0.2) is 0 Å². The SMILES string of the molecule is COC1(CNC(=O)C(CS)NC(C)=O)CCC1. The van der Waals surface area contributed by atoms with Crippen molar-refractivity contribution >= 4 is 24.4 Å². The van der Waals surface area contributed by atoms with Gasteiger partial charge in [0.15, 0.2) is 0 Å². The molecule has 1 aliphatic rings. The second-order valence-electron chi connectivity index (χ2n) is 4.39. The number of carbonyl (C=O) groups is 2. The maximum atomic E-state index is 11.8. The molecule has 5 nitrogen and oxygen atoms in total. The van der Waals surface area contributed by atoms with E-state index in [0.29, 0.717) is 6.54 Å². The molecular weight excluding hydrogens is 240 g/mol. The van der Waals surface area contributed by atoms with E-state index in [0.717, 1.165) is 19.3 Å². The van der Waals surface area contributed by atoms with Crippen LogP contribution >= 0.6 is 12.6 Å².